The van der Waals surface area contributed by atoms with E-state index >= 15 is 0 Å². The molecule has 0 saturated heterocycles. The average Bonchev–Trinajstić information content (AvgIpc) is 3.35. The zero-order valence-electron chi connectivity index (χ0n) is 23.6. The summed E-state index contributed by atoms with van der Waals surface area (Å²) in [6.45, 7) is 13.9. The molecule has 5 rings (SSSR count). The Balaban J connectivity index is 0.00000164. The lowest BCUT2D eigenvalue weighted by Gasteiger charge is -2.26. The fourth-order valence-corrected chi connectivity index (χ4v) is 5.66. The number of amides is 1. The Morgan fingerprint density at radius 2 is 1.92 bits per heavy atom. The van der Waals surface area contributed by atoms with Crippen molar-refractivity contribution in [1.82, 2.24) is 24.4 Å². The summed E-state index contributed by atoms with van der Waals surface area (Å²) in [6.07, 6.45) is 2.06. The highest BCUT2D eigenvalue weighted by atomic mass is 16.5. The number of ether oxygens (including phenoxy) is 1. The molecule has 0 aliphatic carbocycles. The van der Waals surface area contributed by atoms with Crippen molar-refractivity contribution < 1.29 is 9.53 Å². The summed E-state index contributed by atoms with van der Waals surface area (Å²) in [4.78, 5) is 33.4. The molecule has 1 aliphatic rings. The maximum atomic E-state index is 13.5. The molecule has 0 saturated carbocycles. The van der Waals surface area contributed by atoms with E-state index in [1.807, 2.05) is 39.0 Å². The first kappa shape index (κ1) is 27.2. The number of nitrogens with one attached hydrogen (secondary N) is 2. The molecule has 1 amide bonds. The third kappa shape index (κ3) is 4.99. The molecule has 1 aromatic carbocycles. The summed E-state index contributed by atoms with van der Waals surface area (Å²) in [6, 6.07) is 9.81. The number of H-pyrrole nitrogens is 1. The predicted octanol–water partition coefficient (Wildman–Crippen LogP) is 4.99. The third-order valence-corrected chi connectivity index (χ3v) is 7.48. The fraction of sp³-hybridized carbons (Fsp3) is 0.433. The summed E-state index contributed by atoms with van der Waals surface area (Å²) < 4.78 is 10.0. The van der Waals surface area contributed by atoms with Crippen LogP contribution in [-0.4, -0.2) is 32.1 Å². The van der Waals surface area contributed by atoms with Crippen molar-refractivity contribution in [3.63, 3.8) is 0 Å². The number of hydrogen-bond acceptors (Lipinski definition) is 4. The molecule has 8 heteroatoms. The van der Waals surface area contributed by atoms with Gasteiger partial charge in [0.1, 0.15) is 11.6 Å². The molecule has 8 nitrogen and oxygen atoms in total. The quantitative estimate of drug-likeness (QED) is 0.377. The second-order valence-corrected chi connectivity index (χ2v) is 9.80. The second-order valence-electron chi connectivity index (χ2n) is 9.80. The normalized spacial score (nSPS) is 14.6. The van der Waals surface area contributed by atoms with Crippen LogP contribution in [0.1, 0.15) is 64.8 Å². The van der Waals surface area contributed by atoms with Gasteiger partial charge in [-0.3, -0.25) is 9.59 Å². The van der Waals surface area contributed by atoms with Gasteiger partial charge in [-0.25, -0.2) is 4.98 Å². The van der Waals surface area contributed by atoms with Gasteiger partial charge in [-0.1, -0.05) is 32.0 Å². The number of carbonyl (C=O) groups excluding carboxylic acids is 1. The van der Waals surface area contributed by atoms with Crippen LogP contribution in [0.25, 0.3) is 10.9 Å². The fourth-order valence-electron chi connectivity index (χ4n) is 5.66. The van der Waals surface area contributed by atoms with Gasteiger partial charge in [0.05, 0.1) is 30.5 Å². The van der Waals surface area contributed by atoms with Crippen molar-refractivity contribution in [3.05, 3.63) is 80.4 Å². The molecule has 4 heterocycles. The van der Waals surface area contributed by atoms with Crippen LogP contribution in [-0.2, 0) is 26.1 Å². The van der Waals surface area contributed by atoms with Crippen LogP contribution in [0.5, 0.6) is 5.75 Å². The zero-order chi connectivity index (χ0) is 27.6. The van der Waals surface area contributed by atoms with Gasteiger partial charge in [-0.2, -0.15) is 0 Å². The van der Waals surface area contributed by atoms with E-state index in [9.17, 15) is 9.59 Å². The van der Waals surface area contributed by atoms with Crippen molar-refractivity contribution in [2.45, 2.75) is 74.0 Å². The van der Waals surface area contributed by atoms with E-state index in [-0.39, 0.29) is 18.0 Å². The minimum Gasteiger partial charge on any atom is -0.496 e. The van der Waals surface area contributed by atoms with Crippen LogP contribution in [0.4, 0.5) is 0 Å². The molecule has 38 heavy (non-hydrogen) atoms. The Hall–Kier alpha value is -3.81. The standard InChI is InChI=1S/C28H33N5O3.C2H6/c1-16-12-25(36-5)22(27(34)30-16)14-29-28(35)26-18(3)33(23-9-7-6-8-21(23)26)15-20-10-11-32-19(4)31-17(2)24(32)13-20;1-2/h6-9,12,20H,10-11,13-15H2,1-5H3,(H,29,35)(H,30,34);1-2H3. The smallest absolute Gasteiger partial charge is 0.256 e. The molecule has 202 valence electrons. The number of imidazole rings is 1. The highest BCUT2D eigenvalue weighted by molar-refractivity contribution is 6.08. The largest absolute Gasteiger partial charge is 0.496 e. The number of aromatic amines is 1. The number of carbonyl (C=O) groups is 1. The number of methoxy groups -OCH3 is 1. The summed E-state index contributed by atoms with van der Waals surface area (Å²) in [7, 11) is 1.53. The van der Waals surface area contributed by atoms with Crippen molar-refractivity contribution in [2.24, 2.45) is 5.92 Å². The first-order valence-electron chi connectivity index (χ1n) is 13.4. The Morgan fingerprint density at radius 1 is 1.18 bits per heavy atom. The summed E-state index contributed by atoms with van der Waals surface area (Å²) in [5.41, 5.74) is 5.95. The predicted molar refractivity (Wildman–Crippen MR) is 151 cm³/mol. The Labute approximate surface area is 224 Å². The van der Waals surface area contributed by atoms with Crippen LogP contribution in [0, 0.1) is 33.6 Å². The van der Waals surface area contributed by atoms with Gasteiger partial charge in [0.2, 0.25) is 0 Å². The maximum absolute atomic E-state index is 13.5. The molecule has 0 bridgehead atoms. The summed E-state index contributed by atoms with van der Waals surface area (Å²) in [5, 5.41) is 3.88. The van der Waals surface area contributed by atoms with Crippen molar-refractivity contribution in [2.75, 3.05) is 7.11 Å². The Morgan fingerprint density at radius 3 is 2.66 bits per heavy atom. The maximum Gasteiger partial charge on any atom is 0.256 e. The van der Waals surface area contributed by atoms with Gasteiger partial charge in [0.25, 0.3) is 11.5 Å². The lowest BCUT2D eigenvalue weighted by atomic mass is 9.94. The molecule has 0 spiro atoms. The van der Waals surface area contributed by atoms with E-state index in [0.717, 1.165) is 54.0 Å². The highest BCUT2D eigenvalue weighted by Crippen LogP contribution is 2.31. The molecule has 1 atom stereocenters. The van der Waals surface area contributed by atoms with Crippen LogP contribution >= 0.6 is 0 Å². The van der Waals surface area contributed by atoms with Gasteiger partial charge < -0.3 is 24.2 Å². The van der Waals surface area contributed by atoms with Crippen molar-refractivity contribution in [1.29, 1.82) is 0 Å². The molecule has 3 aromatic heterocycles. The van der Waals surface area contributed by atoms with E-state index in [0.29, 0.717) is 28.5 Å². The number of nitrogens with zero attached hydrogens (tertiary/aromatic N) is 3. The third-order valence-electron chi connectivity index (χ3n) is 7.48. The van der Waals surface area contributed by atoms with E-state index in [1.165, 1.54) is 12.8 Å². The van der Waals surface area contributed by atoms with Crippen LogP contribution in [0.2, 0.25) is 0 Å². The monoisotopic (exact) mass is 517 g/mol. The SMILES string of the molecule is CC.COc1cc(C)[nH]c(=O)c1CNC(=O)c1c(C)n(CC2CCn3c(C)nc(C)c3C2)c2ccccc12. The average molecular weight is 518 g/mol. The highest BCUT2D eigenvalue weighted by Gasteiger charge is 2.26. The zero-order valence-corrected chi connectivity index (χ0v) is 23.6. The van der Waals surface area contributed by atoms with Gasteiger partial charge in [0.15, 0.2) is 0 Å². The number of para-hydroxylation sites is 1. The van der Waals surface area contributed by atoms with Gasteiger partial charge in [-0.15, -0.1) is 0 Å². The number of fused-ring (bicyclic) bond motifs is 2. The van der Waals surface area contributed by atoms with E-state index < -0.39 is 0 Å². The lowest BCUT2D eigenvalue weighted by Crippen LogP contribution is -2.28. The van der Waals surface area contributed by atoms with E-state index in [1.54, 1.807) is 13.0 Å². The molecular formula is C30H39N5O3. The van der Waals surface area contributed by atoms with Crippen LogP contribution < -0.4 is 15.6 Å². The van der Waals surface area contributed by atoms with Crippen LogP contribution in [0.3, 0.4) is 0 Å². The number of aromatic nitrogens is 4. The molecular weight excluding hydrogens is 478 g/mol. The molecule has 4 aromatic rings. The number of pyridine rings is 1. The number of rotatable bonds is 6. The minimum atomic E-state index is -0.256. The molecule has 0 fully saturated rings. The minimum absolute atomic E-state index is 0.0851. The number of aryl methyl sites for hydroxylation is 3. The second kappa shape index (κ2) is 11.3. The van der Waals surface area contributed by atoms with Gasteiger partial charge in [0, 0.05) is 41.1 Å². The molecule has 0 radical (unpaired) electrons. The Bertz CT molecular complexity index is 1530. The summed E-state index contributed by atoms with van der Waals surface area (Å²) in [5.74, 6) is 1.83. The molecule has 1 aliphatic heterocycles. The number of benzene rings is 1. The van der Waals surface area contributed by atoms with E-state index in [4.69, 9.17) is 4.74 Å². The lowest BCUT2D eigenvalue weighted by molar-refractivity contribution is 0.0951. The summed E-state index contributed by atoms with van der Waals surface area (Å²) >= 11 is 0. The topological polar surface area (TPSA) is 93.9 Å². The van der Waals surface area contributed by atoms with Gasteiger partial charge >= 0.3 is 0 Å². The van der Waals surface area contributed by atoms with E-state index in [2.05, 4.69) is 44.3 Å². The first-order valence-corrected chi connectivity index (χ1v) is 13.4. The van der Waals surface area contributed by atoms with Crippen LogP contribution in [0.15, 0.2) is 35.1 Å². The number of hydrogen-bond donors (Lipinski definition) is 2. The van der Waals surface area contributed by atoms with Crippen molar-refractivity contribution in [3.8, 4) is 5.75 Å². The van der Waals surface area contributed by atoms with Gasteiger partial charge in [-0.05, 0) is 58.6 Å². The molecule has 2 N–H and O–H groups in total. The first-order chi connectivity index (χ1) is 18.3. The Kier molecular flexibility index (Phi) is 8.09. The van der Waals surface area contributed by atoms with Crippen molar-refractivity contribution >= 4 is 16.8 Å². The molecule has 1 unspecified atom stereocenters.